The van der Waals surface area contributed by atoms with E-state index in [0.717, 1.165) is 57.7 Å². The van der Waals surface area contributed by atoms with Crippen LogP contribution in [0.1, 0.15) is 19.8 Å². The van der Waals surface area contributed by atoms with Gasteiger partial charge < -0.3 is 20.0 Å². The Hall–Kier alpha value is -0.910. The summed E-state index contributed by atoms with van der Waals surface area (Å²) >= 11 is 0. The Morgan fingerprint density at radius 3 is 2.33 bits per heavy atom. The van der Waals surface area contributed by atoms with Gasteiger partial charge in [0.2, 0.25) is 5.91 Å². The molecule has 2 aliphatic heterocycles. The molecule has 0 aromatic carbocycles. The molecule has 2 fully saturated rings. The number of piperidine rings is 1. The van der Waals surface area contributed by atoms with Crippen molar-refractivity contribution in [2.75, 3.05) is 60.4 Å². The van der Waals surface area contributed by atoms with Gasteiger partial charge in [-0.25, -0.2) is 0 Å². The smallest absolute Gasteiger partial charge is 0.249 e. The molecule has 0 bridgehead atoms. The van der Waals surface area contributed by atoms with Crippen LogP contribution < -0.4 is 5.32 Å². The highest BCUT2D eigenvalue weighted by Gasteiger charge is 2.29. The molecule has 120 valence electrons. The minimum Gasteiger partial charge on any atom is -0.335 e. The van der Waals surface area contributed by atoms with E-state index < -0.39 is 0 Å². The largest absolute Gasteiger partial charge is 0.335 e. The van der Waals surface area contributed by atoms with Crippen molar-refractivity contribution in [1.29, 1.82) is 0 Å². The average molecular weight is 294 g/mol. The van der Waals surface area contributed by atoms with Gasteiger partial charge in [0, 0.05) is 37.8 Å². The van der Waals surface area contributed by atoms with Crippen molar-refractivity contribution in [3.05, 3.63) is 11.1 Å². The van der Waals surface area contributed by atoms with Crippen LogP contribution in [0.3, 0.4) is 0 Å². The van der Waals surface area contributed by atoms with E-state index in [9.17, 15) is 4.79 Å². The average Bonchev–Trinajstić information content (AvgIpc) is 2.38. The molecule has 0 spiro atoms. The lowest BCUT2D eigenvalue weighted by Crippen LogP contribution is -2.49. The lowest BCUT2D eigenvalue weighted by molar-refractivity contribution is -0.130. The number of nitrogens with one attached hydrogen (secondary N) is 1. The van der Waals surface area contributed by atoms with Crippen LogP contribution in [0.25, 0.3) is 0 Å². The number of carbonyl (C=O) groups is 1. The van der Waals surface area contributed by atoms with Crippen LogP contribution in [-0.4, -0.2) is 87.1 Å². The Kier molecular flexibility index (Phi) is 5.79. The maximum atomic E-state index is 12.9. The van der Waals surface area contributed by atoms with Gasteiger partial charge in [0.05, 0.1) is 0 Å². The fraction of sp³-hybridized carbons (Fsp3) is 0.812. The first kappa shape index (κ1) is 16.5. The molecule has 21 heavy (non-hydrogen) atoms. The molecule has 0 unspecified atom stereocenters. The first-order valence-corrected chi connectivity index (χ1v) is 8.02. The van der Waals surface area contributed by atoms with Gasteiger partial charge in [-0.1, -0.05) is 0 Å². The third-order valence-electron chi connectivity index (χ3n) is 4.71. The van der Waals surface area contributed by atoms with Gasteiger partial charge in [0.25, 0.3) is 0 Å². The van der Waals surface area contributed by atoms with E-state index in [-0.39, 0.29) is 5.91 Å². The van der Waals surface area contributed by atoms with Crippen LogP contribution in [0.15, 0.2) is 11.1 Å². The van der Waals surface area contributed by atoms with Gasteiger partial charge in [-0.05, 0) is 59.6 Å². The molecule has 0 radical (unpaired) electrons. The Balaban J connectivity index is 2.05. The topological polar surface area (TPSA) is 38.8 Å². The molecule has 5 nitrogen and oxygen atoms in total. The van der Waals surface area contributed by atoms with Gasteiger partial charge in [-0.2, -0.15) is 0 Å². The number of amides is 1. The summed E-state index contributed by atoms with van der Waals surface area (Å²) < 4.78 is 0. The minimum atomic E-state index is 0.253. The predicted molar refractivity (Wildman–Crippen MR) is 86.4 cm³/mol. The third kappa shape index (κ3) is 4.28. The highest BCUT2D eigenvalue weighted by atomic mass is 16.2. The van der Waals surface area contributed by atoms with Crippen molar-refractivity contribution in [3.8, 4) is 0 Å². The second-order valence-corrected chi connectivity index (χ2v) is 6.67. The van der Waals surface area contributed by atoms with Crippen molar-refractivity contribution < 1.29 is 4.79 Å². The number of rotatable bonds is 5. The monoisotopic (exact) mass is 294 g/mol. The number of hydrogen-bond donors (Lipinski definition) is 1. The summed E-state index contributed by atoms with van der Waals surface area (Å²) in [5, 5.41) is 3.23. The molecule has 1 amide bonds. The van der Waals surface area contributed by atoms with Crippen molar-refractivity contribution >= 4 is 5.91 Å². The zero-order valence-corrected chi connectivity index (χ0v) is 14.0. The van der Waals surface area contributed by atoms with E-state index in [1.807, 2.05) is 6.92 Å². The SMILES string of the molecule is CC(C(=O)N(CCN(C)C)C1CCN(C)CC1)=C1CNC1. The molecule has 2 saturated heterocycles. The van der Waals surface area contributed by atoms with E-state index in [4.69, 9.17) is 0 Å². The fourth-order valence-corrected chi connectivity index (χ4v) is 2.95. The zero-order chi connectivity index (χ0) is 15.4. The summed E-state index contributed by atoms with van der Waals surface area (Å²) in [6.07, 6.45) is 2.19. The summed E-state index contributed by atoms with van der Waals surface area (Å²) in [6, 6.07) is 0.400. The molecule has 1 N–H and O–H groups in total. The summed E-state index contributed by atoms with van der Waals surface area (Å²) in [5.41, 5.74) is 2.24. The molecule has 0 saturated carbocycles. The molecule has 0 aromatic heterocycles. The van der Waals surface area contributed by atoms with E-state index in [1.54, 1.807) is 0 Å². The van der Waals surface area contributed by atoms with E-state index in [1.165, 1.54) is 5.57 Å². The first-order chi connectivity index (χ1) is 9.99. The molecule has 0 aromatic rings. The fourth-order valence-electron chi connectivity index (χ4n) is 2.95. The maximum absolute atomic E-state index is 12.9. The van der Waals surface area contributed by atoms with Crippen LogP contribution in [-0.2, 0) is 4.79 Å². The van der Waals surface area contributed by atoms with Crippen LogP contribution >= 0.6 is 0 Å². The summed E-state index contributed by atoms with van der Waals surface area (Å²) in [6.45, 7) is 7.70. The number of likely N-dealkylation sites (N-methyl/N-ethyl adjacent to an activating group) is 1. The van der Waals surface area contributed by atoms with Crippen LogP contribution in [0.5, 0.6) is 0 Å². The minimum absolute atomic E-state index is 0.253. The Morgan fingerprint density at radius 1 is 1.24 bits per heavy atom. The van der Waals surface area contributed by atoms with Gasteiger partial charge in [0.1, 0.15) is 0 Å². The number of carbonyl (C=O) groups excluding carboxylic acids is 1. The van der Waals surface area contributed by atoms with Crippen LogP contribution in [0.4, 0.5) is 0 Å². The van der Waals surface area contributed by atoms with Crippen molar-refractivity contribution in [2.24, 2.45) is 0 Å². The van der Waals surface area contributed by atoms with E-state index in [2.05, 4.69) is 41.2 Å². The number of likely N-dealkylation sites (tertiary alicyclic amines) is 1. The van der Waals surface area contributed by atoms with Gasteiger partial charge in [0.15, 0.2) is 0 Å². The molecule has 2 aliphatic rings. The highest BCUT2D eigenvalue weighted by Crippen LogP contribution is 2.20. The lowest BCUT2D eigenvalue weighted by atomic mass is 9.99. The Morgan fingerprint density at radius 2 is 1.86 bits per heavy atom. The normalized spacial score (nSPS) is 20.5. The second kappa shape index (κ2) is 7.38. The van der Waals surface area contributed by atoms with Gasteiger partial charge >= 0.3 is 0 Å². The highest BCUT2D eigenvalue weighted by molar-refractivity contribution is 5.94. The molecule has 5 heteroatoms. The third-order valence-corrected chi connectivity index (χ3v) is 4.71. The van der Waals surface area contributed by atoms with Crippen molar-refractivity contribution in [2.45, 2.75) is 25.8 Å². The van der Waals surface area contributed by atoms with Crippen molar-refractivity contribution in [3.63, 3.8) is 0 Å². The molecular weight excluding hydrogens is 264 g/mol. The van der Waals surface area contributed by atoms with Gasteiger partial charge in [-0.15, -0.1) is 0 Å². The number of hydrogen-bond acceptors (Lipinski definition) is 4. The standard InChI is InChI=1S/C16H30N4O/c1-13(14-11-17-12-14)16(21)20(10-9-18(2)3)15-5-7-19(4)8-6-15/h15,17H,5-12H2,1-4H3. The lowest BCUT2D eigenvalue weighted by Gasteiger charge is -2.38. The zero-order valence-electron chi connectivity index (χ0n) is 14.0. The molecule has 2 rings (SSSR count). The molecule has 0 aliphatic carbocycles. The van der Waals surface area contributed by atoms with Crippen LogP contribution in [0, 0.1) is 0 Å². The Labute approximate surface area is 129 Å². The van der Waals surface area contributed by atoms with Crippen LogP contribution in [0.2, 0.25) is 0 Å². The molecular formula is C16H30N4O. The predicted octanol–water partition coefficient (Wildman–Crippen LogP) is 0.391. The van der Waals surface area contributed by atoms with Crippen molar-refractivity contribution in [1.82, 2.24) is 20.0 Å². The first-order valence-electron chi connectivity index (χ1n) is 8.02. The second-order valence-electron chi connectivity index (χ2n) is 6.67. The quantitative estimate of drug-likeness (QED) is 0.745. The number of nitrogens with zero attached hydrogens (tertiary/aromatic N) is 3. The molecule has 0 atom stereocenters. The summed E-state index contributed by atoms with van der Waals surface area (Å²) in [7, 11) is 6.30. The van der Waals surface area contributed by atoms with Gasteiger partial charge in [-0.3, -0.25) is 4.79 Å². The maximum Gasteiger partial charge on any atom is 0.249 e. The summed E-state index contributed by atoms with van der Waals surface area (Å²) in [4.78, 5) is 19.5. The molecule has 2 heterocycles. The summed E-state index contributed by atoms with van der Waals surface area (Å²) in [5.74, 6) is 0.253. The van der Waals surface area contributed by atoms with E-state index >= 15 is 0 Å². The Bertz CT molecular complexity index is 391. The van der Waals surface area contributed by atoms with E-state index in [0.29, 0.717) is 6.04 Å².